The molecule has 0 aromatic heterocycles. The number of hydrogen-bond donors (Lipinski definition) is 2. The summed E-state index contributed by atoms with van der Waals surface area (Å²) in [5, 5.41) is 7.11. The number of carbonyl (C=O) groups excluding carboxylic acids is 4. The number of hydrogen-bond acceptors (Lipinski definition) is 7. The maximum Gasteiger partial charge on any atom is 0.377 e. The normalized spacial score (nSPS) is 22.0. The molecule has 4 amide bonds. The molecule has 2 aliphatic heterocycles. The van der Waals surface area contributed by atoms with Crippen molar-refractivity contribution in [3.63, 3.8) is 0 Å². The second-order valence-corrected chi connectivity index (χ2v) is 7.35. The van der Waals surface area contributed by atoms with Gasteiger partial charge in [0.2, 0.25) is 0 Å². The van der Waals surface area contributed by atoms with Gasteiger partial charge in [0.05, 0.1) is 24.1 Å². The van der Waals surface area contributed by atoms with Crippen LogP contribution in [0, 0.1) is 0 Å². The van der Waals surface area contributed by atoms with Crippen LogP contribution in [-0.4, -0.2) is 57.9 Å². The molecule has 1 unspecified atom stereocenters. The summed E-state index contributed by atoms with van der Waals surface area (Å²) in [5.74, 6) is -6.18. The lowest BCUT2D eigenvalue weighted by molar-refractivity contribution is -0.168. The largest absolute Gasteiger partial charge is 0.478 e. The third-order valence-electron chi connectivity index (χ3n) is 4.21. The summed E-state index contributed by atoms with van der Waals surface area (Å²) in [5.41, 5.74) is -0.671. The van der Waals surface area contributed by atoms with Gasteiger partial charge in [0.25, 0.3) is 21.9 Å². The van der Waals surface area contributed by atoms with Gasteiger partial charge in [-0.1, -0.05) is 11.1 Å². The highest BCUT2D eigenvalue weighted by Gasteiger charge is 2.64. The molecule has 3 rings (SSSR count). The molecule has 140 valence electrons. The lowest BCUT2D eigenvalue weighted by Crippen LogP contribution is -2.68. The van der Waals surface area contributed by atoms with Gasteiger partial charge in [-0.2, -0.15) is 8.42 Å². The highest BCUT2D eigenvalue weighted by molar-refractivity contribution is 7.87. The molecule has 11 nitrogen and oxygen atoms in total. The summed E-state index contributed by atoms with van der Waals surface area (Å²) in [6.07, 6.45) is 0.616. The Labute approximate surface area is 151 Å². The zero-order valence-corrected chi connectivity index (χ0v) is 14.1. The summed E-state index contributed by atoms with van der Waals surface area (Å²) in [4.78, 5) is 61.3. The van der Waals surface area contributed by atoms with Crippen LogP contribution in [-0.2, 0) is 29.3 Å². The number of amides is 4. The van der Waals surface area contributed by atoms with Gasteiger partial charge in [-0.15, -0.1) is 0 Å². The first kappa shape index (κ1) is 18.6. The summed E-state index contributed by atoms with van der Waals surface area (Å²) >= 11 is 0. The fourth-order valence-corrected chi connectivity index (χ4v) is 3.72. The van der Waals surface area contributed by atoms with E-state index in [1.165, 1.54) is 6.07 Å². The van der Waals surface area contributed by atoms with Crippen molar-refractivity contribution in [2.24, 2.45) is 0 Å². The third-order valence-corrected chi connectivity index (χ3v) is 5.30. The van der Waals surface area contributed by atoms with Crippen molar-refractivity contribution in [3.8, 4) is 0 Å². The number of benzene rings is 1. The van der Waals surface area contributed by atoms with Crippen molar-refractivity contribution in [2.45, 2.75) is 11.7 Å². The van der Waals surface area contributed by atoms with Crippen LogP contribution in [0.3, 0.4) is 0 Å². The Morgan fingerprint density at radius 2 is 1.70 bits per heavy atom. The van der Waals surface area contributed by atoms with Gasteiger partial charge in [0, 0.05) is 12.1 Å². The molecule has 2 aliphatic rings. The van der Waals surface area contributed by atoms with Crippen LogP contribution >= 0.6 is 0 Å². The average molecular weight is 395 g/mol. The second-order valence-electron chi connectivity index (χ2n) is 5.75. The number of quaternary nitrogens is 1. The Bertz CT molecular complexity index is 1040. The van der Waals surface area contributed by atoms with Gasteiger partial charge in [0.15, 0.2) is 10.9 Å². The number of carboxylic acid groups (broad SMARTS) is 1. The topological polar surface area (TPSA) is 163 Å². The predicted molar refractivity (Wildman–Crippen MR) is 86.2 cm³/mol. The third kappa shape index (κ3) is 2.58. The molecule has 12 heteroatoms. The molecule has 2 N–H and O–H groups in total. The lowest BCUT2D eigenvalue weighted by atomic mass is 10.2. The van der Waals surface area contributed by atoms with Crippen molar-refractivity contribution < 1.29 is 42.0 Å². The number of imide groups is 2. The van der Waals surface area contributed by atoms with Crippen molar-refractivity contribution in [3.05, 3.63) is 42.0 Å². The maximum absolute atomic E-state index is 12.6. The van der Waals surface area contributed by atoms with Gasteiger partial charge >= 0.3 is 17.8 Å². The van der Waals surface area contributed by atoms with E-state index in [-0.39, 0.29) is 16.3 Å². The zero-order chi connectivity index (χ0) is 20.1. The van der Waals surface area contributed by atoms with Gasteiger partial charge in [0.1, 0.15) is 0 Å². The Kier molecular flexibility index (Phi) is 4.06. The first-order chi connectivity index (χ1) is 12.5. The highest BCUT2D eigenvalue weighted by atomic mass is 32.2. The quantitative estimate of drug-likeness (QED) is 0.379. The van der Waals surface area contributed by atoms with E-state index in [2.05, 4.69) is 0 Å². The first-order valence-electron chi connectivity index (χ1n) is 7.35. The van der Waals surface area contributed by atoms with Crippen LogP contribution in [0.2, 0.25) is 0 Å². The molecule has 0 bridgehead atoms. The summed E-state index contributed by atoms with van der Waals surface area (Å²) < 4.78 is 30.3. The van der Waals surface area contributed by atoms with Gasteiger partial charge in [-0.05, 0) is 10.7 Å². The smallest absolute Gasteiger partial charge is 0.377 e. The molecular formula is C15H11N2O9S+. The van der Waals surface area contributed by atoms with E-state index in [1.807, 2.05) is 0 Å². The highest BCUT2D eigenvalue weighted by Crippen LogP contribution is 2.36. The standard InChI is InChI=1S/C15H10N2O9S/c18-11-7-10(27(24,25)26)14(21)16(11)17(12(19)4-5-13(17)20)9-3-1-2-8(6-9)15(22)23/h1-6,10H,7H2,(H-,22,23,24,25,26)/p+1. The average Bonchev–Trinajstić information content (AvgIpc) is 3.04. The van der Waals surface area contributed by atoms with Crippen molar-refractivity contribution in [2.75, 3.05) is 0 Å². The fourth-order valence-electron chi connectivity index (χ4n) is 3.01. The Balaban J connectivity index is 2.26. The van der Waals surface area contributed by atoms with E-state index < -0.39 is 56.0 Å². The van der Waals surface area contributed by atoms with Gasteiger partial charge in [-0.25, -0.2) is 14.4 Å². The van der Waals surface area contributed by atoms with E-state index in [0.29, 0.717) is 0 Å². The fraction of sp³-hybridized carbons (Fsp3) is 0.133. The lowest BCUT2D eigenvalue weighted by Gasteiger charge is -2.33. The van der Waals surface area contributed by atoms with Crippen LogP contribution in [0.25, 0.3) is 0 Å². The zero-order valence-electron chi connectivity index (χ0n) is 13.3. The molecule has 0 radical (unpaired) electrons. The molecule has 0 saturated carbocycles. The maximum atomic E-state index is 12.6. The molecule has 2 heterocycles. The van der Waals surface area contributed by atoms with Crippen molar-refractivity contribution in [1.29, 1.82) is 0 Å². The molecular weight excluding hydrogens is 384 g/mol. The van der Waals surface area contributed by atoms with Gasteiger partial charge in [-0.3, -0.25) is 14.1 Å². The SMILES string of the molecule is O=C(O)c1cccc([N+]2(N3C(=O)CC(S(=O)(=O)O)C3=O)C(=O)C=CC2=O)c1. The summed E-state index contributed by atoms with van der Waals surface area (Å²) in [6, 6.07) is 4.43. The molecule has 0 aliphatic carbocycles. The van der Waals surface area contributed by atoms with Crippen molar-refractivity contribution in [1.82, 2.24) is 9.60 Å². The van der Waals surface area contributed by atoms with E-state index in [1.54, 1.807) is 0 Å². The van der Waals surface area contributed by atoms with Crippen LogP contribution in [0.1, 0.15) is 16.8 Å². The Morgan fingerprint density at radius 3 is 2.19 bits per heavy atom. The van der Waals surface area contributed by atoms with E-state index in [0.717, 1.165) is 30.4 Å². The molecule has 1 saturated heterocycles. The molecule has 1 aromatic carbocycles. The van der Waals surface area contributed by atoms with E-state index in [4.69, 9.17) is 5.11 Å². The van der Waals surface area contributed by atoms with E-state index >= 15 is 0 Å². The number of carbonyl (C=O) groups is 5. The van der Waals surface area contributed by atoms with Crippen LogP contribution in [0.15, 0.2) is 36.4 Å². The van der Waals surface area contributed by atoms with Crippen LogP contribution in [0.4, 0.5) is 5.69 Å². The molecule has 1 aromatic rings. The Morgan fingerprint density at radius 1 is 1.11 bits per heavy atom. The minimum Gasteiger partial charge on any atom is -0.478 e. The molecule has 1 atom stereocenters. The summed E-state index contributed by atoms with van der Waals surface area (Å²) in [7, 11) is -4.97. The predicted octanol–water partition coefficient (Wildman–Crippen LogP) is -0.755. The van der Waals surface area contributed by atoms with Crippen molar-refractivity contribution >= 4 is 45.4 Å². The number of rotatable bonds is 4. The van der Waals surface area contributed by atoms with Gasteiger partial charge < -0.3 is 5.11 Å². The number of carboxylic acids is 1. The monoisotopic (exact) mass is 395 g/mol. The van der Waals surface area contributed by atoms with Crippen LogP contribution in [0.5, 0.6) is 0 Å². The minimum absolute atomic E-state index is 0.143. The number of aromatic carboxylic acids is 1. The Hall–Kier alpha value is -3.22. The second kappa shape index (κ2) is 5.90. The van der Waals surface area contributed by atoms with Crippen LogP contribution < -0.4 is 4.59 Å². The molecule has 27 heavy (non-hydrogen) atoms. The molecule has 0 spiro atoms. The first-order valence-corrected chi connectivity index (χ1v) is 8.85. The van der Waals surface area contributed by atoms with E-state index in [9.17, 15) is 36.9 Å². The minimum atomic E-state index is -4.97. The summed E-state index contributed by atoms with van der Waals surface area (Å²) in [6.45, 7) is 0. The molecule has 1 fully saturated rings. The number of nitrogens with zero attached hydrogens (tertiary/aromatic N) is 2.